The molecule has 9 rings (SSSR count). The minimum absolute atomic E-state index is 0.0170. The summed E-state index contributed by atoms with van der Waals surface area (Å²) >= 11 is 0. The van der Waals surface area contributed by atoms with E-state index in [1.54, 1.807) is 29.2 Å². The Morgan fingerprint density at radius 2 is 1.56 bits per heavy atom. The number of piperidine rings is 2. The van der Waals surface area contributed by atoms with Gasteiger partial charge in [0, 0.05) is 83.3 Å². The predicted octanol–water partition coefficient (Wildman–Crippen LogP) is 4.66. The monoisotopic (exact) mass is 854 g/mol. The quantitative estimate of drug-likeness (QED) is 0.297. The molecule has 4 atom stereocenters. The molecule has 6 fully saturated rings. The highest BCUT2D eigenvalue weighted by Crippen LogP contribution is 2.41. The van der Waals surface area contributed by atoms with E-state index in [1.807, 2.05) is 37.8 Å². The first kappa shape index (κ1) is 43.7. The topological polar surface area (TPSA) is 151 Å². The molecule has 2 saturated carbocycles. The molecule has 2 aliphatic carbocycles. The van der Waals surface area contributed by atoms with Gasteiger partial charge in [0.2, 0.25) is 11.8 Å². The lowest BCUT2D eigenvalue weighted by molar-refractivity contribution is -0.145. The standard InChI is InChI=1S/C47H63FN8O6/c1-47(2,3)62-46(61)49-42(32-9-5-4-6-10-32)45(60)56-29-33-14-15-35(56)27-34(33)28-52-17-19-53(20-18-52)30-41(57)54-21-23-55(24-22-54)44(59)38-25-31(13-16-39(38)48)26-40-36-11-7-8-12-37(36)43(58)51-50-40/h7-8,11-13,16,25,32-35,42H,4-6,9-10,14-15,17-24,26-30H2,1-3H3,(H,49,61)(H,51,58)/t33?,34-,35-,42+/m0/s1. The normalized spacial score (nSPS) is 23.4. The number of hydrogen-bond donors (Lipinski definition) is 2. The number of benzene rings is 2. The fourth-order valence-electron chi connectivity index (χ4n) is 10.6. The average Bonchev–Trinajstić information content (AvgIpc) is 3.27. The number of halogens is 1. The van der Waals surface area contributed by atoms with Crippen molar-refractivity contribution in [3.63, 3.8) is 0 Å². The van der Waals surface area contributed by atoms with Gasteiger partial charge >= 0.3 is 6.09 Å². The van der Waals surface area contributed by atoms with Crippen LogP contribution in [0.2, 0.25) is 0 Å². The lowest BCUT2D eigenvalue weighted by Gasteiger charge is -2.52. The Hall–Kier alpha value is -4.89. The van der Waals surface area contributed by atoms with Crippen LogP contribution in [0.1, 0.15) is 93.8 Å². The van der Waals surface area contributed by atoms with Gasteiger partial charge in [-0.3, -0.25) is 24.1 Å². The van der Waals surface area contributed by atoms with Crippen molar-refractivity contribution in [2.45, 2.75) is 96.2 Å². The zero-order valence-electron chi connectivity index (χ0n) is 36.6. The molecule has 1 unspecified atom stereocenters. The van der Waals surface area contributed by atoms with E-state index in [4.69, 9.17) is 4.74 Å². The van der Waals surface area contributed by atoms with Crippen LogP contribution in [0.3, 0.4) is 0 Å². The number of carbonyl (C=O) groups excluding carboxylic acids is 4. The number of aromatic amines is 1. The van der Waals surface area contributed by atoms with Gasteiger partial charge in [-0.1, -0.05) is 43.5 Å². The minimum Gasteiger partial charge on any atom is -0.444 e. The van der Waals surface area contributed by atoms with Crippen LogP contribution < -0.4 is 10.9 Å². The first-order valence-corrected chi connectivity index (χ1v) is 22.9. The van der Waals surface area contributed by atoms with Gasteiger partial charge in [-0.15, -0.1) is 0 Å². The minimum atomic E-state index is -0.632. The molecule has 4 aliphatic heterocycles. The summed E-state index contributed by atoms with van der Waals surface area (Å²) in [6, 6.07) is 11.3. The number of H-pyrrole nitrogens is 1. The Morgan fingerprint density at radius 1 is 0.871 bits per heavy atom. The van der Waals surface area contributed by atoms with Crippen molar-refractivity contribution in [3.05, 3.63) is 75.5 Å². The Kier molecular flexibility index (Phi) is 13.3. The van der Waals surface area contributed by atoms with Crippen molar-refractivity contribution in [2.24, 2.45) is 17.8 Å². The molecule has 0 spiro atoms. The second kappa shape index (κ2) is 18.8. The van der Waals surface area contributed by atoms with E-state index < -0.39 is 29.5 Å². The van der Waals surface area contributed by atoms with Gasteiger partial charge < -0.3 is 29.7 Å². The first-order chi connectivity index (χ1) is 29.8. The van der Waals surface area contributed by atoms with Crippen LogP contribution in [0.25, 0.3) is 10.8 Å². The number of amides is 4. The highest BCUT2D eigenvalue weighted by Gasteiger charge is 2.46. The maximum Gasteiger partial charge on any atom is 0.408 e. The highest BCUT2D eigenvalue weighted by molar-refractivity contribution is 5.95. The van der Waals surface area contributed by atoms with Crippen molar-refractivity contribution >= 4 is 34.6 Å². The summed E-state index contributed by atoms with van der Waals surface area (Å²) in [5.74, 6) is 0.186. The second-order valence-electron chi connectivity index (χ2n) is 19.3. The predicted molar refractivity (Wildman–Crippen MR) is 233 cm³/mol. The van der Waals surface area contributed by atoms with Crippen LogP contribution in [0, 0.1) is 23.6 Å². The molecule has 14 nitrogen and oxygen atoms in total. The highest BCUT2D eigenvalue weighted by atomic mass is 19.1. The van der Waals surface area contributed by atoms with Gasteiger partial charge in [-0.05, 0) is 94.4 Å². The van der Waals surface area contributed by atoms with Crippen molar-refractivity contribution in [2.75, 3.05) is 72.0 Å². The first-order valence-electron chi connectivity index (χ1n) is 22.9. The number of fused-ring (bicyclic) bond motifs is 4. The number of nitrogens with zero attached hydrogens (tertiary/aromatic N) is 6. The molecule has 4 saturated heterocycles. The molecule has 4 amide bonds. The molecule has 5 heterocycles. The molecule has 2 aromatic carbocycles. The number of piperazine rings is 2. The van der Waals surface area contributed by atoms with Crippen LogP contribution >= 0.6 is 0 Å². The molecular weight excluding hydrogens is 792 g/mol. The lowest BCUT2D eigenvalue weighted by Crippen LogP contribution is -2.62. The molecule has 0 radical (unpaired) electrons. The second-order valence-corrected chi connectivity index (χ2v) is 19.3. The van der Waals surface area contributed by atoms with Crippen LogP contribution in [-0.2, 0) is 20.7 Å². The van der Waals surface area contributed by atoms with Crippen LogP contribution in [-0.4, -0.2) is 148 Å². The van der Waals surface area contributed by atoms with Gasteiger partial charge in [0.25, 0.3) is 11.5 Å². The van der Waals surface area contributed by atoms with Crippen LogP contribution in [0.15, 0.2) is 47.3 Å². The summed E-state index contributed by atoms with van der Waals surface area (Å²) in [6.07, 6.45) is 8.15. The summed E-state index contributed by atoms with van der Waals surface area (Å²) in [5, 5.41) is 11.0. The Bertz CT molecular complexity index is 2170. The number of ether oxygens (including phenoxy) is 1. The third kappa shape index (κ3) is 10.1. The molecule has 6 aliphatic rings. The molecule has 1 aromatic heterocycles. The molecule has 15 heteroatoms. The Balaban J connectivity index is 0.781. The molecular formula is C47H63FN8O6. The Labute approximate surface area is 363 Å². The van der Waals surface area contributed by atoms with E-state index in [0.29, 0.717) is 73.0 Å². The zero-order valence-corrected chi connectivity index (χ0v) is 36.6. The number of nitrogens with one attached hydrogen (secondary N) is 2. The van der Waals surface area contributed by atoms with Gasteiger partial charge in [0.15, 0.2) is 0 Å². The SMILES string of the molecule is CC(C)(C)OC(=O)N[C@@H](C(=O)N1CC2CC[C@H]1C[C@H]2CN1CCN(CC(=O)N2CCN(C(=O)c3cc(Cc4n[nH]c(=O)c5ccccc45)ccc3F)CC2)CC1)C1CCCCC1. The maximum atomic E-state index is 15.1. The van der Waals surface area contributed by atoms with E-state index in [0.717, 1.165) is 84.2 Å². The molecule has 2 N–H and O–H groups in total. The molecule has 334 valence electrons. The summed E-state index contributed by atoms with van der Waals surface area (Å²) in [6.45, 7) is 12.4. The fraction of sp³-hybridized carbons (Fsp3) is 0.617. The van der Waals surface area contributed by atoms with Crippen LogP contribution in [0.4, 0.5) is 9.18 Å². The van der Waals surface area contributed by atoms with E-state index in [9.17, 15) is 24.0 Å². The van der Waals surface area contributed by atoms with Crippen molar-refractivity contribution < 1.29 is 28.3 Å². The molecule has 3 aromatic rings. The zero-order chi connectivity index (χ0) is 43.5. The number of aromatic nitrogens is 2. The van der Waals surface area contributed by atoms with E-state index in [2.05, 4.69) is 30.2 Å². The maximum absolute atomic E-state index is 15.1. The van der Waals surface area contributed by atoms with Crippen molar-refractivity contribution in [1.82, 2.24) is 40.0 Å². The van der Waals surface area contributed by atoms with Crippen molar-refractivity contribution in [1.29, 1.82) is 0 Å². The van der Waals surface area contributed by atoms with E-state index >= 15 is 4.39 Å². The summed E-state index contributed by atoms with van der Waals surface area (Å²) in [7, 11) is 0. The number of hydrogen-bond acceptors (Lipinski definition) is 9. The van der Waals surface area contributed by atoms with Gasteiger partial charge in [-0.2, -0.15) is 5.10 Å². The molecule has 2 bridgehead atoms. The summed E-state index contributed by atoms with van der Waals surface area (Å²) in [5.41, 5.74) is 0.402. The average molecular weight is 855 g/mol. The van der Waals surface area contributed by atoms with Gasteiger partial charge in [-0.25, -0.2) is 14.3 Å². The largest absolute Gasteiger partial charge is 0.444 e. The van der Waals surface area contributed by atoms with Gasteiger partial charge in [0.05, 0.1) is 23.2 Å². The fourth-order valence-corrected chi connectivity index (χ4v) is 10.6. The number of rotatable bonds is 10. The van der Waals surface area contributed by atoms with Gasteiger partial charge in [0.1, 0.15) is 17.5 Å². The third-order valence-electron chi connectivity index (χ3n) is 14.0. The number of carbonyl (C=O) groups is 4. The molecule has 62 heavy (non-hydrogen) atoms. The lowest BCUT2D eigenvalue weighted by atomic mass is 9.71. The Morgan fingerprint density at radius 3 is 2.26 bits per heavy atom. The van der Waals surface area contributed by atoms with E-state index in [-0.39, 0.29) is 34.9 Å². The summed E-state index contributed by atoms with van der Waals surface area (Å²) < 4.78 is 20.7. The number of alkyl carbamates (subject to hydrolysis) is 1. The summed E-state index contributed by atoms with van der Waals surface area (Å²) in [4.78, 5) is 76.6. The smallest absolute Gasteiger partial charge is 0.408 e. The van der Waals surface area contributed by atoms with E-state index in [1.165, 1.54) is 12.5 Å². The van der Waals surface area contributed by atoms with Crippen molar-refractivity contribution in [3.8, 4) is 0 Å². The van der Waals surface area contributed by atoms with Crippen LogP contribution in [0.5, 0.6) is 0 Å². The third-order valence-corrected chi connectivity index (χ3v) is 14.0.